The van der Waals surface area contributed by atoms with Crippen LogP contribution >= 0.6 is 0 Å². The summed E-state index contributed by atoms with van der Waals surface area (Å²) >= 11 is 0. The van der Waals surface area contributed by atoms with Crippen molar-refractivity contribution in [3.63, 3.8) is 0 Å². The second kappa shape index (κ2) is 7.35. The number of carboxylic acids is 1. The number of unbranched alkanes of at least 4 members (excludes halogenated alkanes) is 2. The van der Waals surface area contributed by atoms with Crippen LogP contribution in [-0.4, -0.2) is 30.5 Å². The number of nitrogens with one attached hydrogen (secondary N) is 1. The Labute approximate surface area is 119 Å². The molecule has 1 heterocycles. The monoisotopic (exact) mass is 300 g/mol. The molecule has 0 spiro atoms. The predicted molar refractivity (Wildman–Crippen MR) is 75.1 cm³/mol. The Morgan fingerprint density at radius 3 is 2.60 bits per heavy atom. The summed E-state index contributed by atoms with van der Waals surface area (Å²) in [6.45, 7) is 3.89. The van der Waals surface area contributed by atoms with E-state index in [9.17, 15) is 13.2 Å². The number of rotatable bonds is 8. The number of carboxylic acid groups (broad SMARTS) is 1. The zero-order chi connectivity index (χ0) is 15.2. The smallest absolute Gasteiger partial charge is 0.337 e. The van der Waals surface area contributed by atoms with Crippen LogP contribution in [-0.2, 0) is 10.0 Å². The molecule has 1 aromatic heterocycles. The minimum Gasteiger partial charge on any atom is -0.478 e. The summed E-state index contributed by atoms with van der Waals surface area (Å²) in [6.07, 6.45) is 4.92. The number of carbonyl (C=O) groups is 1. The van der Waals surface area contributed by atoms with Crippen LogP contribution in [0.3, 0.4) is 0 Å². The lowest BCUT2D eigenvalue weighted by molar-refractivity contribution is 0.0696. The van der Waals surface area contributed by atoms with Crippen LogP contribution in [0.2, 0.25) is 0 Å². The second-order valence-electron chi connectivity index (χ2n) is 4.71. The molecular formula is C13H20N2O4S. The van der Waals surface area contributed by atoms with Crippen LogP contribution in [0.4, 0.5) is 0 Å². The fourth-order valence-corrected chi connectivity index (χ4v) is 2.96. The van der Waals surface area contributed by atoms with Crippen molar-refractivity contribution < 1.29 is 18.3 Å². The highest BCUT2D eigenvalue weighted by Gasteiger charge is 2.19. The Balaban J connectivity index is 2.70. The van der Waals surface area contributed by atoms with Crippen molar-refractivity contribution in [1.82, 2.24) is 9.71 Å². The van der Waals surface area contributed by atoms with Crippen LogP contribution in [0.1, 0.15) is 49.9 Å². The van der Waals surface area contributed by atoms with Crippen LogP contribution < -0.4 is 4.72 Å². The molecule has 20 heavy (non-hydrogen) atoms. The number of hydrogen-bond donors (Lipinski definition) is 2. The first kappa shape index (κ1) is 16.6. The molecule has 0 aliphatic rings. The van der Waals surface area contributed by atoms with Gasteiger partial charge in [-0.1, -0.05) is 26.2 Å². The Morgan fingerprint density at radius 1 is 1.40 bits per heavy atom. The maximum atomic E-state index is 12.0. The third-order valence-corrected chi connectivity index (χ3v) is 4.36. The van der Waals surface area contributed by atoms with E-state index in [-0.39, 0.29) is 16.6 Å². The molecular weight excluding hydrogens is 280 g/mol. The summed E-state index contributed by atoms with van der Waals surface area (Å²) < 4.78 is 26.6. The Bertz CT molecular complexity index is 540. The highest BCUT2D eigenvalue weighted by Crippen LogP contribution is 2.10. The molecule has 0 aliphatic heterocycles. The van der Waals surface area contributed by atoms with E-state index in [1.165, 1.54) is 12.1 Å². The van der Waals surface area contributed by atoms with Crippen LogP contribution in [0, 0.1) is 0 Å². The first-order valence-electron chi connectivity index (χ1n) is 6.58. The number of hydrogen-bond acceptors (Lipinski definition) is 4. The Hall–Kier alpha value is -1.47. The van der Waals surface area contributed by atoms with Crippen molar-refractivity contribution in [2.75, 3.05) is 0 Å². The molecule has 0 radical (unpaired) electrons. The molecule has 1 atom stereocenters. The van der Waals surface area contributed by atoms with Crippen LogP contribution in [0.15, 0.2) is 23.4 Å². The van der Waals surface area contributed by atoms with E-state index < -0.39 is 16.0 Å². The molecule has 0 bridgehead atoms. The zero-order valence-electron chi connectivity index (χ0n) is 11.7. The highest BCUT2D eigenvalue weighted by atomic mass is 32.2. The number of aromatic nitrogens is 1. The molecule has 0 amide bonds. The largest absolute Gasteiger partial charge is 0.478 e. The van der Waals surface area contributed by atoms with Gasteiger partial charge in [0.2, 0.25) is 0 Å². The second-order valence-corrected chi connectivity index (χ2v) is 6.37. The van der Waals surface area contributed by atoms with Crippen molar-refractivity contribution >= 4 is 16.0 Å². The molecule has 0 saturated carbocycles. The van der Waals surface area contributed by atoms with Gasteiger partial charge in [-0.25, -0.2) is 22.9 Å². The van der Waals surface area contributed by atoms with E-state index >= 15 is 0 Å². The Kier molecular flexibility index (Phi) is 6.09. The van der Waals surface area contributed by atoms with E-state index in [1.54, 1.807) is 6.92 Å². The van der Waals surface area contributed by atoms with Crippen molar-refractivity contribution in [2.45, 2.75) is 50.6 Å². The van der Waals surface area contributed by atoms with Crippen LogP contribution in [0.5, 0.6) is 0 Å². The van der Waals surface area contributed by atoms with Crippen molar-refractivity contribution in [1.29, 1.82) is 0 Å². The van der Waals surface area contributed by atoms with Gasteiger partial charge in [0.15, 0.2) is 5.03 Å². The first-order valence-corrected chi connectivity index (χ1v) is 8.07. The van der Waals surface area contributed by atoms with Gasteiger partial charge in [-0.05, 0) is 25.5 Å². The summed E-state index contributed by atoms with van der Waals surface area (Å²) in [5.41, 5.74) is -0.0417. The minimum absolute atomic E-state index is 0.0417. The lowest BCUT2D eigenvalue weighted by atomic mass is 10.1. The van der Waals surface area contributed by atoms with E-state index in [0.29, 0.717) is 0 Å². The number of sulfonamides is 1. The van der Waals surface area contributed by atoms with Gasteiger partial charge in [0.1, 0.15) is 0 Å². The third kappa shape index (κ3) is 4.90. The van der Waals surface area contributed by atoms with E-state index in [1.807, 2.05) is 0 Å². The SMILES string of the molecule is CCCCCC(C)NS(=O)(=O)c1ccc(C(=O)O)cn1. The molecule has 1 unspecified atom stereocenters. The topological polar surface area (TPSA) is 96.4 Å². The quantitative estimate of drug-likeness (QED) is 0.716. The van der Waals surface area contributed by atoms with Gasteiger partial charge in [0, 0.05) is 12.2 Å². The molecule has 6 nitrogen and oxygen atoms in total. The molecule has 1 aromatic rings. The van der Waals surface area contributed by atoms with Gasteiger partial charge in [-0.2, -0.15) is 0 Å². The average molecular weight is 300 g/mol. The minimum atomic E-state index is -3.69. The standard InChI is InChI=1S/C13H20N2O4S/c1-3-4-5-6-10(2)15-20(18,19)12-8-7-11(9-14-12)13(16)17/h7-10,15H,3-6H2,1-2H3,(H,16,17). The van der Waals surface area contributed by atoms with Gasteiger partial charge in [-0.15, -0.1) is 0 Å². The lowest BCUT2D eigenvalue weighted by Gasteiger charge is -2.13. The summed E-state index contributed by atoms with van der Waals surface area (Å²) in [7, 11) is -3.69. The van der Waals surface area contributed by atoms with E-state index in [0.717, 1.165) is 31.9 Å². The average Bonchev–Trinajstić information content (AvgIpc) is 2.38. The van der Waals surface area contributed by atoms with Gasteiger partial charge < -0.3 is 5.11 Å². The molecule has 0 fully saturated rings. The molecule has 1 rings (SSSR count). The maximum absolute atomic E-state index is 12.0. The fourth-order valence-electron chi connectivity index (χ4n) is 1.75. The van der Waals surface area contributed by atoms with Crippen molar-refractivity contribution in [2.24, 2.45) is 0 Å². The summed E-state index contributed by atoms with van der Waals surface area (Å²) in [6, 6.07) is 2.25. The van der Waals surface area contributed by atoms with Gasteiger partial charge in [0.25, 0.3) is 10.0 Å². The predicted octanol–water partition coefficient (Wildman–Crippen LogP) is 2.03. The normalized spacial score (nSPS) is 13.1. The highest BCUT2D eigenvalue weighted by molar-refractivity contribution is 7.89. The van der Waals surface area contributed by atoms with Gasteiger partial charge in [-0.3, -0.25) is 0 Å². The molecule has 112 valence electrons. The zero-order valence-corrected chi connectivity index (χ0v) is 12.5. The summed E-state index contributed by atoms with van der Waals surface area (Å²) in [5, 5.41) is 8.58. The summed E-state index contributed by atoms with van der Waals surface area (Å²) in [4.78, 5) is 14.4. The number of aromatic carboxylic acids is 1. The molecule has 0 aliphatic carbocycles. The maximum Gasteiger partial charge on any atom is 0.337 e. The van der Waals surface area contributed by atoms with E-state index in [2.05, 4.69) is 16.6 Å². The summed E-state index contributed by atoms with van der Waals surface area (Å²) in [5.74, 6) is -1.14. The van der Waals surface area contributed by atoms with Crippen molar-refractivity contribution in [3.8, 4) is 0 Å². The molecule has 0 saturated heterocycles. The molecule has 7 heteroatoms. The van der Waals surface area contributed by atoms with E-state index in [4.69, 9.17) is 5.11 Å². The number of nitrogens with zero attached hydrogens (tertiary/aromatic N) is 1. The van der Waals surface area contributed by atoms with Gasteiger partial charge >= 0.3 is 5.97 Å². The first-order chi connectivity index (χ1) is 9.36. The molecule has 2 N–H and O–H groups in total. The van der Waals surface area contributed by atoms with Gasteiger partial charge in [0.05, 0.1) is 5.56 Å². The van der Waals surface area contributed by atoms with Crippen LogP contribution in [0.25, 0.3) is 0 Å². The Morgan fingerprint density at radius 2 is 2.10 bits per heavy atom. The lowest BCUT2D eigenvalue weighted by Crippen LogP contribution is -2.33. The third-order valence-electron chi connectivity index (χ3n) is 2.86. The fraction of sp³-hybridized carbons (Fsp3) is 0.538. The van der Waals surface area contributed by atoms with Crippen molar-refractivity contribution in [3.05, 3.63) is 23.9 Å². The molecule has 0 aromatic carbocycles. The number of pyridine rings is 1.